The number of nitrogens with zero attached hydrogens (tertiary/aromatic N) is 1. The van der Waals surface area contributed by atoms with E-state index in [4.69, 9.17) is 23.2 Å². The summed E-state index contributed by atoms with van der Waals surface area (Å²) >= 11 is 13.3. The predicted octanol–water partition coefficient (Wildman–Crippen LogP) is 4.94. The number of anilines is 2. The molecule has 25 heavy (non-hydrogen) atoms. The molecule has 0 aliphatic carbocycles. The van der Waals surface area contributed by atoms with Crippen LogP contribution in [-0.2, 0) is 4.79 Å². The van der Waals surface area contributed by atoms with Crippen molar-refractivity contribution in [2.75, 3.05) is 23.7 Å². The highest BCUT2D eigenvalue weighted by atomic mass is 35.5. The standard InChI is InChI=1S/C17H17Cl2N3O2S/c18-13-4-3-12(10-14(13)19)20-16(23)11-5-7-22(8-6-11)17(24)21-15-2-1-9-25-15/h1-4,9-11H,5-8H2,(H,20,23)(H,21,24). The smallest absolute Gasteiger partial charge is 0.322 e. The van der Waals surface area contributed by atoms with Gasteiger partial charge in [-0.05, 0) is 48.6 Å². The Morgan fingerprint density at radius 1 is 1.08 bits per heavy atom. The highest BCUT2D eigenvalue weighted by molar-refractivity contribution is 7.14. The van der Waals surface area contributed by atoms with Crippen molar-refractivity contribution in [1.82, 2.24) is 4.90 Å². The second-order valence-corrected chi connectivity index (χ2v) is 7.55. The van der Waals surface area contributed by atoms with E-state index in [2.05, 4.69) is 10.6 Å². The van der Waals surface area contributed by atoms with Gasteiger partial charge in [0.1, 0.15) is 0 Å². The Labute approximate surface area is 159 Å². The molecule has 132 valence electrons. The van der Waals surface area contributed by atoms with Gasteiger partial charge in [-0.1, -0.05) is 23.2 Å². The predicted molar refractivity (Wildman–Crippen MR) is 103 cm³/mol. The van der Waals surface area contributed by atoms with Crippen LogP contribution < -0.4 is 10.6 Å². The zero-order valence-electron chi connectivity index (χ0n) is 13.3. The molecule has 8 heteroatoms. The number of carbonyl (C=O) groups excluding carboxylic acids is 2. The third-order valence-electron chi connectivity index (χ3n) is 4.09. The van der Waals surface area contributed by atoms with Gasteiger partial charge in [-0.2, -0.15) is 0 Å². The monoisotopic (exact) mass is 397 g/mol. The van der Waals surface area contributed by atoms with E-state index in [0.29, 0.717) is 41.7 Å². The molecule has 1 saturated heterocycles. The van der Waals surface area contributed by atoms with Crippen LogP contribution in [0.3, 0.4) is 0 Å². The molecule has 0 atom stereocenters. The average Bonchev–Trinajstić information content (AvgIpc) is 3.11. The fourth-order valence-corrected chi connectivity index (χ4v) is 3.60. The molecule has 0 saturated carbocycles. The number of likely N-dealkylation sites (tertiary alicyclic amines) is 1. The second-order valence-electron chi connectivity index (χ2n) is 5.79. The van der Waals surface area contributed by atoms with Gasteiger partial charge >= 0.3 is 6.03 Å². The first-order valence-corrected chi connectivity index (χ1v) is 9.52. The van der Waals surface area contributed by atoms with Crippen molar-refractivity contribution in [2.45, 2.75) is 12.8 Å². The van der Waals surface area contributed by atoms with Gasteiger partial charge < -0.3 is 10.2 Å². The minimum absolute atomic E-state index is 0.0586. The summed E-state index contributed by atoms with van der Waals surface area (Å²) in [4.78, 5) is 26.3. The summed E-state index contributed by atoms with van der Waals surface area (Å²) in [5, 5.41) is 9.31. The summed E-state index contributed by atoms with van der Waals surface area (Å²) in [7, 11) is 0. The highest BCUT2D eigenvalue weighted by Crippen LogP contribution is 2.26. The third kappa shape index (κ3) is 4.66. The van der Waals surface area contributed by atoms with Crippen LogP contribution in [0.1, 0.15) is 12.8 Å². The fourth-order valence-electron chi connectivity index (χ4n) is 2.70. The van der Waals surface area contributed by atoms with Gasteiger partial charge in [0.15, 0.2) is 0 Å². The van der Waals surface area contributed by atoms with Crippen LogP contribution in [0.5, 0.6) is 0 Å². The first kappa shape index (κ1) is 18.0. The Bertz CT molecular complexity index is 759. The van der Waals surface area contributed by atoms with Crippen molar-refractivity contribution in [2.24, 2.45) is 5.92 Å². The molecule has 0 spiro atoms. The van der Waals surface area contributed by atoms with E-state index < -0.39 is 0 Å². The topological polar surface area (TPSA) is 61.4 Å². The summed E-state index contributed by atoms with van der Waals surface area (Å²) in [6, 6.07) is 8.63. The third-order valence-corrected chi connectivity index (χ3v) is 5.62. The average molecular weight is 398 g/mol. The van der Waals surface area contributed by atoms with Gasteiger partial charge in [0.25, 0.3) is 0 Å². The quantitative estimate of drug-likeness (QED) is 0.770. The maximum Gasteiger partial charge on any atom is 0.322 e. The van der Waals surface area contributed by atoms with E-state index in [1.165, 1.54) is 11.3 Å². The zero-order valence-corrected chi connectivity index (χ0v) is 15.6. The molecule has 1 aliphatic rings. The summed E-state index contributed by atoms with van der Waals surface area (Å²) in [6.07, 6.45) is 1.26. The maximum atomic E-state index is 12.4. The summed E-state index contributed by atoms with van der Waals surface area (Å²) in [5.41, 5.74) is 0.622. The van der Waals surface area contributed by atoms with Crippen molar-refractivity contribution < 1.29 is 9.59 Å². The van der Waals surface area contributed by atoms with Crippen molar-refractivity contribution in [1.29, 1.82) is 0 Å². The fraction of sp³-hybridized carbons (Fsp3) is 0.294. The van der Waals surface area contributed by atoms with Gasteiger partial charge in [0.05, 0.1) is 15.0 Å². The Morgan fingerprint density at radius 3 is 2.48 bits per heavy atom. The number of benzene rings is 1. The number of rotatable bonds is 3. The number of amides is 3. The number of carbonyl (C=O) groups is 2. The molecule has 5 nitrogen and oxygen atoms in total. The summed E-state index contributed by atoms with van der Waals surface area (Å²) in [6.45, 7) is 1.10. The van der Waals surface area contributed by atoms with Crippen LogP contribution in [0.2, 0.25) is 10.0 Å². The number of halogens is 2. The Morgan fingerprint density at radius 2 is 1.84 bits per heavy atom. The largest absolute Gasteiger partial charge is 0.326 e. The molecule has 1 aliphatic heterocycles. The molecule has 2 aromatic rings. The lowest BCUT2D eigenvalue weighted by Gasteiger charge is -2.31. The van der Waals surface area contributed by atoms with E-state index in [1.807, 2.05) is 17.5 Å². The lowest BCUT2D eigenvalue weighted by Crippen LogP contribution is -2.43. The number of hydrogen-bond acceptors (Lipinski definition) is 3. The molecule has 1 aromatic heterocycles. The molecule has 1 aromatic carbocycles. The molecular weight excluding hydrogens is 381 g/mol. The molecule has 0 radical (unpaired) electrons. The van der Waals surface area contributed by atoms with E-state index in [1.54, 1.807) is 23.1 Å². The van der Waals surface area contributed by atoms with Gasteiger partial charge in [-0.25, -0.2) is 4.79 Å². The molecule has 1 fully saturated rings. The molecule has 3 rings (SSSR count). The van der Waals surface area contributed by atoms with Gasteiger partial charge in [0.2, 0.25) is 5.91 Å². The molecular formula is C17H17Cl2N3O2S. The zero-order chi connectivity index (χ0) is 17.8. The number of urea groups is 1. The van der Waals surface area contributed by atoms with Gasteiger partial charge in [-0.3, -0.25) is 10.1 Å². The normalized spacial score (nSPS) is 15.0. The van der Waals surface area contributed by atoms with Crippen LogP contribution in [0.25, 0.3) is 0 Å². The van der Waals surface area contributed by atoms with Crippen LogP contribution in [0.4, 0.5) is 15.5 Å². The van der Waals surface area contributed by atoms with E-state index in [0.717, 1.165) is 5.00 Å². The molecule has 2 heterocycles. The summed E-state index contributed by atoms with van der Waals surface area (Å²) in [5.74, 6) is -0.183. The minimum atomic E-state index is -0.125. The second kappa shape index (κ2) is 8.08. The molecule has 0 unspecified atom stereocenters. The minimum Gasteiger partial charge on any atom is -0.326 e. The van der Waals surface area contributed by atoms with Crippen molar-refractivity contribution >= 4 is 57.2 Å². The Kier molecular flexibility index (Phi) is 5.83. The Hall–Kier alpha value is -1.76. The number of piperidine rings is 1. The SMILES string of the molecule is O=C(Nc1ccc(Cl)c(Cl)c1)C1CCN(C(=O)Nc2cccs2)CC1. The van der Waals surface area contributed by atoms with Crippen molar-refractivity contribution in [3.05, 3.63) is 45.8 Å². The van der Waals surface area contributed by atoms with Crippen molar-refractivity contribution in [3.63, 3.8) is 0 Å². The molecule has 3 amide bonds. The van der Waals surface area contributed by atoms with Gasteiger partial charge in [0, 0.05) is 24.7 Å². The lowest BCUT2D eigenvalue weighted by atomic mass is 9.96. The number of nitrogens with one attached hydrogen (secondary N) is 2. The first-order valence-electron chi connectivity index (χ1n) is 7.88. The van der Waals surface area contributed by atoms with E-state index in [9.17, 15) is 9.59 Å². The van der Waals surface area contributed by atoms with Gasteiger partial charge in [-0.15, -0.1) is 11.3 Å². The summed E-state index contributed by atoms with van der Waals surface area (Å²) < 4.78 is 0. The lowest BCUT2D eigenvalue weighted by molar-refractivity contribution is -0.121. The molecule has 0 bridgehead atoms. The Balaban J connectivity index is 1.50. The first-order chi connectivity index (χ1) is 12.0. The van der Waals surface area contributed by atoms with E-state index >= 15 is 0 Å². The number of hydrogen-bond donors (Lipinski definition) is 2. The highest BCUT2D eigenvalue weighted by Gasteiger charge is 2.27. The number of thiophene rings is 1. The van der Waals surface area contributed by atoms with Crippen LogP contribution in [0.15, 0.2) is 35.7 Å². The van der Waals surface area contributed by atoms with Crippen LogP contribution >= 0.6 is 34.5 Å². The maximum absolute atomic E-state index is 12.4. The van der Waals surface area contributed by atoms with Crippen molar-refractivity contribution in [3.8, 4) is 0 Å². The van der Waals surface area contributed by atoms with E-state index in [-0.39, 0.29) is 17.9 Å². The molecule has 2 N–H and O–H groups in total. The van der Waals surface area contributed by atoms with Crippen LogP contribution in [0, 0.1) is 5.92 Å². The van der Waals surface area contributed by atoms with Crippen LogP contribution in [-0.4, -0.2) is 29.9 Å².